The lowest BCUT2D eigenvalue weighted by molar-refractivity contribution is 0.260. The van der Waals surface area contributed by atoms with Gasteiger partial charge in [0, 0.05) is 19.1 Å². The summed E-state index contributed by atoms with van der Waals surface area (Å²) in [4.78, 5) is 2.11. The van der Waals surface area contributed by atoms with Crippen molar-refractivity contribution in [2.24, 2.45) is 0 Å². The molecule has 0 heterocycles. The van der Waals surface area contributed by atoms with Crippen LogP contribution in [0.25, 0.3) is 0 Å². The molecule has 0 fully saturated rings. The summed E-state index contributed by atoms with van der Waals surface area (Å²) < 4.78 is 6.74. The van der Waals surface area contributed by atoms with E-state index in [4.69, 9.17) is 4.74 Å². The number of halogens is 1. The molecule has 0 radical (unpaired) electrons. The SMILES string of the molecule is CC(C)NCc1ccc(OCCN(C)C)c(Br)c1. The molecule has 1 rings (SSSR count). The van der Waals surface area contributed by atoms with Gasteiger partial charge in [0.15, 0.2) is 0 Å². The van der Waals surface area contributed by atoms with Crippen LogP contribution in [-0.2, 0) is 6.54 Å². The summed E-state index contributed by atoms with van der Waals surface area (Å²) >= 11 is 3.56. The molecule has 0 aliphatic carbocycles. The molecule has 0 aromatic heterocycles. The number of nitrogens with zero attached hydrogens (tertiary/aromatic N) is 1. The highest BCUT2D eigenvalue weighted by molar-refractivity contribution is 9.10. The van der Waals surface area contributed by atoms with Gasteiger partial charge in [-0.2, -0.15) is 0 Å². The molecular weight excluding hydrogens is 292 g/mol. The average Bonchev–Trinajstić information content (AvgIpc) is 2.28. The topological polar surface area (TPSA) is 24.5 Å². The predicted molar refractivity (Wildman–Crippen MR) is 80.2 cm³/mol. The van der Waals surface area contributed by atoms with Gasteiger partial charge in [-0.1, -0.05) is 19.9 Å². The highest BCUT2D eigenvalue weighted by Gasteiger charge is 2.03. The molecular formula is C14H23BrN2O. The van der Waals surface area contributed by atoms with Crippen molar-refractivity contribution >= 4 is 15.9 Å². The molecule has 0 amide bonds. The van der Waals surface area contributed by atoms with Crippen molar-refractivity contribution in [1.29, 1.82) is 0 Å². The minimum absolute atomic E-state index is 0.500. The molecule has 1 aromatic carbocycles. The zero-order valence-corrected chi connectivity index (χ0v) is 13.3. The van der Waals surface area contributed by atoms with E-state index in [-0.39, 0.29) is 0 Å². The minimum Gasteiger partial charge on any atom is -0.491 e. The molecule has 0 bridgehead atoms. The van der Waals surface area contributed by atoms with Crippen molar-refractivity contribution in [3.8, 4) is 5.75 Å². The van der Waals surface area contributed by atoms with Crippen LogP contribution in [0.2, 0.25) is 0 Å². The minimum atomic E-state index is 0.500. The molecule has 1 N–H and O–H groups in total. The molecule has 102 valence electrons. The quantitative estimate of drug-likeness (QED) is 0.837. The second kappa shape index (κ2) is 7.77. The van der Waals surface area contributed by atoms with Gasteiger partial charge in [0.05, 0.1) is 4.47 Å². The van der Waals surface area contributed by atoms with Gasteiger partial charge in [0.25, 0.3) is 0 Å². The van der Waals surface area contributed by atoms with Gasteiger partial charge in [-0.15, -0.1) is 0 Å². The molecule has 3 nitrogen and oxygen atoms in total. The standard InChI is InChI=1S/C14H23BrN2O/c1-11(2)16-10-12-5-6-14(13(15)9-12)18-8-7-17(3)4/h5-6,9,11,16H,7-8,10H2,1-4H3. The van der Waals surface area contributed by atoms with E-state index in [0.29, 0.717) is 12.6 Å². The second-order valence-corrected chi connectivity index (χ2v) is 5.81. The molecule has 0 atom stereocenters. The maximum atomic E-state index is 5.72. The molecule has 0 saturated heterocycles. The summed E-state index contributed by atoms with van der Waals surface area (Å²) in [5.41, 5.74) is 1.26. The van der Waals surface area contributed by atoms with Crippen molar-refractivity contribution in [2.75, 3.05) is 27.2 Å². The number of nitrogens with one attached hydrogen (secondary N) is 1. The molecule has 0 saturated carbocycles. The predicted octanol–water partition coefficient (Wildman–Crippen LogP) is 2.89. The van der Waals surface area contributed by atoms with Crippen LogP contribution in [-0.4, -0.2) is 38.2 Å². The van der Waals surface area contributed by atoms with Crippen LogP contribution in [0.3, 0.4) is 0 Å². The Morgan fingerprint density at radius 2 is 2.06 bits per heavy atom. The van der Waals surface area contributed by atoms with Crippen LogP contribution in [0.4, 0.5) is 0 Å². The molecule has 0 spiro atoms. The van der Waals surface area contributed by atoms with E-state index in [1.165, 1.54) is 5.56 Å². The molecule has 0 aliphatic rings. The summed E-state index contributed by atoms with van der Waals surface area (Å²) in [6.45, 7) is 6.80. The molecule has 4 heteroatoms. The summed E-state index contributed by atoms with van der Waals surface area (Å²) in [6, 6.07) is 6.74. The van der Waals surface area contributed by atoms with E-state index in [9.17, 15) is 0 Å². The van der Waals surface area contributed by atoms with Gasteiger partial charge in [0.1, 0.15) is 12.4 Å². The van der Waals surface area contributed by atoms with Crippen molar-refractivity contribution in [3.63, 3.8) is 0 Å². The number of hydrogen-bond acceptors (Lipinski definition) is 3. The Hall–Kier alpha value is -0.580. The summed E-state index contributed by atoms with van der Waals surface area (Å²) in [5, 5.41) is 3.40. The largest absolute Gasteiger partial charge is 0.491 e. The first kappa shape index (κ1) is 15.5. The maximum absolute atomic E-state index is 5.72. The van der Waals surface area contributed by atoms with Crippen LogP contribution >= 0.6 is 15.9 Å². The molecule has 0 unspecified atom stereocenters. The number of benzene rings is 1. The van der Waals surface area contributed by atoms with Gasteiger partial charge in [-0.25, -0.2) is 0 Å². The Morgan fingerprint density at radius 1 is 1.33 bits per heavy atom. The van der Waals surface area contributed by atoms with Crippen LogP contribution in [0, 0.1) is 0 Å². The van der Waals surface area contributed by atoms with E-state index < -0.39 is 0 Å². The first-order valence-electron chi connectivity index (χ1n) is 6.28. The Balaban J connectivity index is 2.51. The Bertz CT molecular complexity index is 367. The van der Waals surface area contributed by atoms with Gasteiger partial charge in [-0.05, 0) is 47.7 Å². The third-order valence-corrected chi connectivity index (χ3v) is 3.13. The number of likely N-dealkylation sites (N-methyl/N-ethyl adjacent to an activating group) is 1. The monoisotopic (exact) mass is 314 g/mol. The van der Waals surface area contributed by atoms with Gasteiger partial charge >= 0.3 is 0 Å². The van der Waals surface area contributed by atoms with Crippen LogP contribution in [0.1, 0.15) is 19.4 Å². The van der Waals surface area contributed by atoms with E-state index in [0.717, 1.165) is 23.3 Å². The fourth-order valence-corrected chi connectivity index (χ4v) is 1.97. The lowest BCUT2D eigenvalue weighted by Gasteiger charge is -2.13. The van der Waals surface area contributed by atoms with E-state index >= 15 is 0 Å². The third kappa shape index (κ3) is 5.85. The average molecular weight is 315 g/mol. The van der Waals surface area contributed by atoms with Crippen LogP contribution < -0.4 is 10.1 Å². The van der Waals surface area contributed by atoms with E-state index in [2.05, 4.69) is 52.1 Å². The summed E-state index contributed by atoms with van der Waals surface area (Å²) in [5.74, 6) is 0.908. The fraction of sp³-hybridized carbons (Fsp3) is 0.571. The first-order chi connectivity index (χ1) is 8.49. The van der Waals surface area contributed by atoms with Gasteiger partial charge in [0.2, 0.25) is 0 Å². The number of ether oxygens (including phenoxy) is 1. The zero-order chi connectivity index (χ0) is 13.5. The third-order valence-electron chi connectivity index (χ3n) is 2.51. The van der Waals surface area contributed by atoms with Crippen molar-refractivity contribution in [2.45, 2.75) is 26.4 Å². The van der Waals surface area contributed by atoms with Crippen molar-refractivity contribution < 1.29 is 4.74 Å². The van der Waals surface area contributed by atoms with E-state index in [1.807, 2.05) is 20.2 Å². The lowest BCUT2D eigenvalue weighted by Crippen LogP contribution is -2.21. The van der Waals surface area contributed by atoms with Gasteiger partial charge in [-0.3, -0.25) is 0 Å². The smallest absolute Gasteiger partial charge is 0.133 e. The van der Waals surface area contributed by atoms with Crippen molar-refractivity contribution in [1.82, 2.24) is 10.2 Å². The first-order valence-corrected chi connectivity index (χ1v) is 7.07. The highest BCUT2D eigenvalue weighted by atomic mass is 79.9. The second-order valence-electron chi connectivity index (χ2n) is 4.95. The molecule has 18 heavy (non-hydrogen) atoms. The Morgan fingerprint density at radius 3 is 2.61 bits per heavy atom. The lowest BCUT2D eigenvalue weighted by atomic mass is 10.2. The van der Waals surface area contributed by atoms with E-state index in [1.54, 1.807) is 0 Å². The molecule has 1 aromatic rings. The summed E-state index contributed by atoms with van der Waals surface area (Å²) in [6.07, 6.45) is 0. The Labute approximate surface area is 119 Å². The van der Waals surface area contributed by atoms with Crippen LogP contribution in [0.5, 0.6) is 5.75 Å². The maximum Gasteiger partial charge on any atom is 0.133 e. The van der Waals surface area contributed by atoms with Crippen LogP contribution in [0.15, 0.2) is 22.7 Å². The molecule has 0 aliphatic heterocycles. The summed E-state index contributed by atoms with van der Waals surface area (Å²) in [7, 11) is 4.08. The number of hydrogen-bond donors (Lipinski definition) is 1. The zero-order valence-electron chi connectivity index (χ0n) is 11.7. The van der Waals surface area contributed by atoms with Gasteiger partial charge < -0.3 is 15.0 Å². The highest BCUT2D eigenvalue weighted by Crippen LogP contribution is 2.26. The Kier molecular flexibility index (Phi) is 6.68. The number of rotatable bonds is 7. The normalized spacial score (nSPS) is 11.3. The fourth-order valence-electron chi connectivity index (χ4n) is 1.43. The van der Waals surface area contributed by atoms with Crippen molar-refractivity contribution in [3.05, 3.63) is 28.2 Å².